The van der Waals surface area contributed by atoms with Gasteiger partial charge in [-0.2, -0.15) is 0 Å². The second-order valence-corrected chi connectivity index (χ2v) is 17.3. The maximum absolute atomic E-state index is 14.7. The number of rotatable bonds is 8. The van der Waals surface area contributed by atoms with E-state index in [1.54, 1.807) is 30.6 Å². The fourth-order valence-corrected chi connectivity index (χ4v) is 6.28. The highest BCUT2D eigenvalue weighted by Gasteiger charge is 2.48. The molecule has 40 heavy (non-hydrogen) atoms. The summed E-state index contributed by atoms with van der Waals surface area (Å²) in [7, 11) is -2.22. The largest absolute Gasteiger partial charge is 0.462 e. The molecule has 1 saturated carbocycles. The van der Waals surface area contributed by atoms with Crippen LogP contribution in [0.4, 0.5) is 10.3 Å². The molecule has 2 fully saturated rings. The molecule has 1 aromatic carbocycles. The van der Waals surface area contributed by atoms with Crippen LogP contribution in [-0.2, 0) is 14.0 Å². The van der Waals surface area contributed by atoms with Crippen molar-refractivity contribution in [2.75, 3.05) is 11.9 Å². The molecule has 2 aromatic heterocycles. The summed E-state index contributed by atoms with van der Waals surface area (Å²) in [5, 5.41) is 3.23. The molecule has 1 aliphatic carbocycles. The Morgan fingerprint density at radius 1 is 1.23 bits per heavy atom. The van der Waals surface area contributed by atoms with Gasteiger partial charge in [-0.25, -0.2) is 14.4 Å². The number of carbonyl (C=O) groups excluding carboxylic acids is 1. The van der Waals surface area contributed by atoms with E-state index in [1.807, 2.05) is 0 Å². The summed E-state index contributed by atoms with van der Waals surface area (Å²) < 4.78 is 26.5. The quantitative estimate of drug-likeness (QED) is 0.251. The lowest BCUT2D eigenvalue weighted by Gasteiger charge is -2.37. The Morgan fingerprint density at radius 2 is 2.00 bits per heavy atom. The summed E-state index contributed by atoms with van der Waals surface area (Å²) in [6.07, 6.45) is 4.51. The number of nitrogens with zero attached hydrogens (tertiary/aromatic N) is 2. The molecule has 3 unspecified atom stereocenters. The zero-order chi connectivity index (χ0) is 28.8. The third-order valence-corrected chi connectivity index (χ3v) is 13.3. The minimum Gasteiger partial charge on any atom is -0.462 e. The lowest BCUT2D eigenvalue weighted by atomic mass is 9.88. The van der Waals surface area contributed by atoms with Crippen molar-refractivity contribution in [2.45, 2.75) is 69.8 Å². The molecule has 2 aliphatic rings. The van der Waals surface area contributed by atoms with Crippen LogP contribution in [0, 0.1) is 11.7 Å². The Bertz CT molecular complexity index is 1490. The van der Waals surface area contributed by atoms with Crippen molar-refractivity contribution in [1.82, 2.24) is 15.0 Å². The minimum atomic E-state index is -2.22. The Kier molecular flexibility index (Phi) is 7.62. The highest BCUT2D eigenvalue weighted by Crippen LogP contribution is 2.40. The van der Waals surface area contributed by atoms with Gasteiger partial charge < -0.3 is 19.5 Å². The van der Waals surface area contributed by atoms with Crippen molar-refractivity contribution in [3.05, 3.63) is 75.0 Å². The van der Waals surface area contributed by atoms with E-state index < -0.39 is 20.1 Å². The van der Waals surface area contributed by atoms with Gasteiger partial charge in [-0.05, 0) is 54.4 Å². The van der Waals surface area contributed by atoms with Crippen molar-refractivity contribution in [3.8, 4) is 11.3 Å². The summed E-state index contributed by atoms with van der Waals surface area (Å²) in [6, 6.07) is 7.98. The van der Waals surface area contributed by atoms with E-state index in [2.05, 4.69) is 49.1 Å². The van der Waals surface area contributed by atoms with Gasteiger partial charge in [-0.1, -0.05) is 38.4 Å². The average molecular weight is 585 g/mol. The number of aromatic nitrogens is 3. The van der Waals surface area contributed by atoms with Gasteiger partial charge in [0, 0.05) is 48.5 Å². The number of ether oxygens (including phenoxy) is 1. The van der Waals surface area contributed by atoms with E-state index in [1.165, 1.54) is 12.1 Å². The molecule has 1 saturated heterocycles. The van der Waals surface area contributed by atoms with E-state index in [0.717, 1.165) is 0 Å². The highest BCUT2D eigenvalue weighted by atomic mass is 35.5. The lowest BCUT2D eigenvalue weighted by molar-refractivity contribution is -0.148. The normalized spacial score (nSPS) is 21.4. The fraction of sp³-hybridized carbons (Fsp3) is 0.448. The van der Waals surface area contributed by atoms with Crippen molar-refractivity contribution < 1.29 is 18.3 Å². The second kappa shape index (κ2) is 10.7. The molecule has 11 heteroatoms. The number of fused-ring (bicyclic) bond motifs is 2. The van der Waals surface area contributed by atoms with E-state index in [-0.39, 0.29) is 46.3 Å². The van der Waals surface area contributed by atoms with Crippen LogP contribution in [0.5, 0.6) is 0 Å². The Hall–Kier alpha value is -3.08. The minimum absolute atomic E-state index is 0.00558. The topological polar surface area (TPSA) is 106 Å². The molecular formula is C29H34ClFN4O4Si. The van der Waals surface area contributed by atoms with E-state index in [4.69, 9.17) is 25.7 Å². The summed E-state index contributed by atoms with van der Waals surface area (Å²) in [6.45, 7) is 10.9. The summed E-state index contributed by atoms with van der Waals surface area (Å²) >= 11 is 6.00. The molecule has 3 heterocycles. The smallest absolute Gasteiger partial charge is 0.311 e. The van der Waals surface area contributed by atoms with Crippen LogP contribution in [0.25, 0.3) is 11.3 Å². The van der Waals surface area contributed by atoms with E-state index >= 15 is 0 Å². The SMILES string of the molecule is CC(C)(C)[Si](C)(C)OC[C@@H](c1ccc(Cl)c(F)c1)c1c(-c2ccnc(NC3CC4CC3C(=O)O4)n2)cc[nH]c1=O. The molecule has 0 amide bonds. The van der Waals surface area contributed by atoms with Crippen molar-refractivity contribution >= 4 is 31.8 Å². The summed E-state index contributed by atoms with van der Waals surface area (Å²) in [5.41, 5.74) is 1.78. The first-order chi connectivity index (χ1) is 18.8. The van der Waals surface area contributed by atoms with Gasteiger partial charge in [0.2, 0.25) is 5.95 Å². The molecule has 8 nitrogen and oxygen atoms in total. The van der Waals surface area contributed by atoms with Crippen LogP contribution in [-0.4, -0.2) is 48.0 Å². The molecule has 2 bridgehead atoms. The van der Waals surface area contributed by atoms with Crippen molar-refractivity contribution in [1.29, 1.82) is 0 Å². The van der Waals surface area contributed by atoms with Gasteiger partial charge in [0.05, 0.1) is 16.6 Å². The molecule has 2 N–H and O–H groups in total. The first-order valence-electron chi connectivity index (χ1n) is 13.4. The van der Waals surface area contributed by atoms with Gasteiger partial charge in [0.15, 0.2) is 8.32 Å². The standard InChI is InChI=1S/C29H34ClFN4O4Si/c1-29(2,3)40(4,5)38-15-20(16-6-7-21(30)22(31)12-16)25-18(8-10-32-26(25)36)23-9-11-33-28(34-23)35-24-14-17-13-19(24)27(37)39-17/h6-12,17,19-20,24H,13-15H2,1-5H3,(H,32,36)(H,33,34,35)/t17?,19?,20-,24?/m0/s1. The van der Waals surface area contributed by atoms with Gasteiger partial charge in [0.1, 0.15) is 11.9 Å². The summed E-state index contributed by atoms with van der Waals surface area (Å²) in [5.74, 6) is -1.21. The number of carbonyl (C=O) groups is 1. The maximum Gasteiger partial charge on any atom is 0.311 e. The van der Waals surface area contributed by atoms with Crippen LogP contribution in [0.15, 0.2) is 47.5 Å². The number of H-pyrrole nitrogens is 1. The first kappa shape index (κ1) is 28.4. The monoisotopic (exact) mass is 584 g/mol. The van der Waals surface area contributed by atoms with Crippen LogP contribution in [0.3, 0.4) is 0 Å². The Morgan fingerprint density at radius 3 is 2.67 bits per heavy atom. The van der Waals surface area contributed by atoms with Crippen molar-refractivity contribution in [3.63, 3.8) is 0 Å². The number of hydrogen-bond acceptors (Lipinski definition) is 7. The van der Waals surface area contributed by atoms with Gasteiger partial charge in [-0.15, -0.1) is 0 Å². The fourth-order valence-electron chi connectivity index (χ4n) is 5.15. The number of nitrogens with one attached hydrogen (secondary N) is 2. The lowest BCUT2D eigenvalue weighted by Crippen LogP contribution is -2.42. The molecule has 5 rings (SSSR count). The molecular weight excluding hydrogens is 551 g/mol. The Labute approximate surface area is 238 Å². The predicted molar refractivity (Wildman–Crippen MR) is 155 cm³/mol. The third kappa shape index (κ3) is 5.57. The number of esters is 1. The highest BCUT2D eigenvalue weighted by molar-refractivity contribution is 6.74. The third-order valence-electron chi connectivity index (χ3n) is 8.46. The van der Waals surface area contributed by atoms with Gasteiger partial charge >= 0.3 is 5.97 Å². The zero-order valence-corrected chi connectivity index (χ0v) is 25.0. The van der Waals surface area contributed by atoms with Crippen LogP contribution >= 0.6 is 11.6 Å². The molecule has 4 atom stereocenters. The van der Waals surface area contributed by atoms with Gasteiger partial charge in [0.25, 0.3) is 5.56 Å². The molecule has 0 spiro atoms. The van der Waals surface area contributed by atoms with Crippen LogP contribution in [0.1, 0.15) is 50.7 Å². The Balaban J connectivity index is 1.54. The molecule has 3 aromatic rings. The van der Waals surface area contributed by atoms with Crippen LogP contribution in [0.2, 0.25) is 23.2 Å². The average Bonchev–Trinajstić information content (AvgIpc) is 3.45. The van der Waals surface area contributed by atoms with E-state index in [9.17, 15) is 14.0 Å². The summed E-state index contributed by atoms with van der Waals surface area (Å²) in [4.78, 5) is 37.4. The van der Waals surface area contributed by atoms with E-state index in [0.29, 0.717) is 41.2 Å². The zero-order valence-electron chi connectivity index (χ0n) is 23.3. The maximum atomic E-state index is 14.7. The number of aromatic amines is 1. The number of benzene rings is 1. The number of anilines is 1. The first-order valence-corrected chi connectivity index (χ1v) is 16.7. The number of halogens is 2. The molecule has 0 radical (unpaired) electrons. The second-order valence-electron chi connectivity index (χ2n) is 12.1. The molecule has 1 aliphatic heterocycles. The predicted octanol–water partition coefficient (Wildman–Crippen LogP) is 5.89. The van der Waals surface area contributed by atoms with Crippen molar-refractivity contribution in [2.24, 2.45) is 5.92 Å². The molecule has 212 valence electrons. The number of pyridine rings is 1. The van der Waals surface area contributed by atoms with Crippen LogP contribution < -0.4 is 10.9 Å². The number of hydrogen-bond donors (Lipinski definition) is 2. The van der Waals surface area contributed by atoms with Gasteiger partial charge in [-0.3, -0.25) is 9.59 Å².